The second-order valence-corrected chi connectivity index (χ2v) is 10.2. The number of anilines is 1. The zero-order valence-electron chi connectivity index (χ0n) is 22.4. The van der Waals surface area contributed by atoms with Gasteiger partial charge in [0.15, 0.2) is 5.65 Å². The van der Waals surface area contributed by atoms with Crippen LogP contribution in [0.5, 0.6) is 11.5 Å². The van der Waals surface area contributed by atoms with Crippen molar-refractivity contribution in [3.8, 4) is 28.8 Å². The van der Waals surface area contributed by atoms with E-state index in [1.807, 2.05) is 25.1 Å². The zero-order chi connectivity index (χ0) is 28.5. The average Bonchev–Trinajstić information content (AvgIpc) is 3.59. The Labute approximate surface area is 235 Å². The molecule has 0 bridgehead atoms. The van der Waals surface area contributed by atoms with Crippen LogP contribution in [0.1, 0.15) is 19.8 Å². The Morgan fingerprint density at radius 2 is 2.07 bits per heavy atom. The summed E-state index contributed by atoms with van der Waals surface area (Å²) in [6.07, 6.45) is 4.56. The fourth-order valence-electron chi connectivity index (χ4n) is 5.32. The number of aromatic nitrogens is 4. The quantitative estimate of drug-likeness (QED) is 0.262. The molecule has 2 aromatic heterocycles. The van der Waals surface area contributed by atoms with E-state index in [1.165, 1.54) is 12.4 Å². The molecule has 4 aromatic rings. The summed E-state index contributed by atoms with van der Waals surface area (Å²) in [4.78, 5) is 23.6. The molecule has 2 N–H and O–H groups in total. The standard InChI is InChI=1S/C30H28FN7O3/c1-18-20(16-40-18)12-19(14-32)30(39)37-11-5-6-21(37)15-38-29-26(28(33)34-17-35-29)27(36-38)24-10-9-23(13-25(24)31)41-22-7-3-2-4-8-22/h2-4,7-10,12-13,17-18,20-21H,5-6,11,15-16H2,1H3,(H2,33,34,35)/t18?,20?,21-/m0/s1. The molecule has 208 valence electrons. The summed E-state index contributed by atoms with van der Waals surface area (Å²) < 4.78 is 28.3. The lowest BCUT2D eigenvalue weighted by Gasteiger charge is -2.32. The molecule has 2 unspecified atom stereocenters. The molecular formula is C30H28FN7O3. The molecule has 6 rings (SSSR count). The molecule has 1 amide bonds. The van der Waals surface area contributed by atoms with Crippen molar-refractivity contribution in [3.63, 3.8) is 0 Å². The lowest BCUT2D eigenvalue weighted by Crippen LogP contribution is -2.40. The highest BCUT2D eigenvalue weighted by atomic mass is 19.1. The van der Waals surface area contributed by atoms with Crippen molar-refractivity contribution in [1.29, 1.82) is 5.26 Å². The molecule has 0 spiro atoms. The predicted molar refractivity (Wildman–Crippen MR) is 149 cm³/mol. The van der Waals surface area contributed by atoms with E-state index in [1.54, 1.807) is 39.9 Å². The van der Waals surface area contributed by atoms with Gasteiger partial charge in [0.25, 0.3) is 5.91 Å². The number of carbonyl (C=O) groups is 1. The molecule has 2 aliphatic rings. The summed E-state index contributed by atoms with van der Waals surface area (Å²) >= 11 is 0. The van der Waals surface area contributed by atoms with Gasteiger partial charge in [0.1, 0.15) is 46.8 Å². The highest BCUT2D eigenvalue weighted by Crippen LogP contribution is 2.35. The summed E-state index contributed by atoms with van der Waals surface area (Å²) in [5.41, 5.74) is 7.32. The van der Waals surface area contributed by atoms with Gasteiger partial charge in [0.2, 0.25) is 0 Å². The molecule has 3 atom stereocenters. The Hall–Kier alpha value is -4.82. The lowest BCUT2D eigenvalue weighted by atomic mass is 9.96. The Kier molecular flexibility index (Phi) is 7.07. The van der Waals surface area contributed by atoms with Gasteiger partial charge in [0, 0.05) is 24.1 Å². The molecule has 41 heavy (non-hydrogen) atoms. The minimum absolute atomic E-state index is 0.0149. The molecule has 10 nitrogen and oxygen atoms in total. The maximum absolute atomic E-state index is 15.5. The third-order valence-corrected chi connectivity index (χ3v) is 7.64. The molecule has 0 radical (unpaired) electrons. The number of benzene rings is 2. The Morgan fingerprint density at radius 3 is 2.78 bits per heavy atom. The fraction of sp³-hybridized carbons (Fsp3) is 0.300. The number of hydrogen-bond acceptors (Lipinski definition) is 8. The van der Waals surface area contributed by atoms with Gasteiger partial charge in [-0.25, -0.2) is 19.0 Å². The molecule has 2 aromatic carbocycles. The molecule has 2 fully saturated rings. The fourth-order valence-corrected chi connectivity index (χ4v) is 5.32. The van der Waals surface area contributed by atoms with Gasteiger partial charge < -0.3 is 20.1 Å². The van der Waals surface area contributed by atoms with E-state index in [9.17, 15) is 10.1 Å². The topological polar surface area (TPSA) is 132 Å². The summed E-state index contributed by atoms with van der Waals surface area (Å²) in [6, 6.07) is 15.5. The first-order valence-electron chi connectivity index (χ1n) is 13.5. The number of ether oxygens (including phenoxy) is 2. The third kappa shape index (κ3) is 5.10. The van der Waals surface area contributed by atoms with Crippen LogP contribution < -0.4 is 10.5 Å². The highest BCUT2D eigenvalue weighted by molar-refractivity contribution is 5.99. The van der Waals surface area contributed by atoms with E-state index in [-0.39, 0.29) is 40.9 Å². The van der Waals surface area contributed by atoms with Crippen molar-refractivity contribution in [2.45, 2.75) is 38.5 Å². The smallest absolute Gasteiger partial charge is 0.264 e. The molecule has 4 heterocycles. The van der Waals surface area contributed by atoms with E-state index in [0.717, 1.165) is 12.8 Å². The van der Waals surface area contributed by atoms with Crippen LogP contribution >= 0.6 is 0 Å². The Bertz CT molecular complexity index is 1680. The van der Waals surface area contributed by atoms with E-state index in [4.69, 9.17) is 20.3 Å². The van der Waals surface area contributed by atoms with E-state index in [2.05, 4.69) is 16.0 Å². The summed E-state index contributed by atoms with van der Waals surface area (Å²) in [5, 5.41) is 14.9. The largest absolute Gasteiger partial charge is 0.457 e. The number of nitrogens with two attached hydrogens (primary N) is 1. The zero-order valence-corrected chi connectivity index (χ0v) is 22.4. The van der Waals surface area contributed by atoms with Crippen LogP contribution in [0.3, 0.4) is 0 Å². The summed E-state index contributed by atoms with van der Waals surface area (Å²) in [6.45, 7) is 3.25. The summed E-state index contributed by atoms with van der Waals surface area (Å²) in [7, 11) is 0. The second kappa shape index (κ2) is 11.0. The maximum atomic E-state index is 15.5. The molecule has 11 heteroatoms. The van der Waals surface area contributed by atoms with Crippen LogP contribution in [-0.4, -0.2) is 55.9 Å². The van der Waals surface area contributed by atoms with Crippen LogP contribution in [0.15, 0.2) is 66.5 Å². The van der Waals surface area contributed by atoms with Crippen molar-refractivity contribution in [2.75, 3.05) is 18.9 Å². The van der Waals surface area contributed by atoms with Gasteiger partial charge in [-0.15, -0.1) is 0 Å². The van der Waals surface area contributed by atoms with Gasteiger partial charge in [-0.1, -0.05) is 24.3 Å². The molecular weight excluding hydrogens is 525 g/mol. The number of nitrogen functional groups attached to an aromatic ring is 1. The number of halogens is 1. The first-order valence-corrected chi connectivity index (χ1v) is 13.5. The minimum atomic E-state index is -0.538. The first kappa shape index (κ1) is 26.4. The van der Waals surface area contributed by atoms with Gasteiger partial charge in [-0.3, -0.25) is 4.79 Å². The van der Waals surface area contributed by atoms with Crippen molar-refractivity contribution in [3.05, 3.63) is 72.3 Å². The van der Waals surface area contributed by atoms with Gasteiger partial charge in [-0.05, 0) is 44.0 Å². The third-order valence-electron chi connectivity index (χ3n) is 7.64. The maximum Gasteiger partial charge on any atom is 0.264 e. The number of fused-ring (bicyclic) bond motifs is 1. The number of para-hydroxylation sites is 1. The van der Waals surface area contributed by atoms with Crippen LogP contribution in [-0.2, 0) is 16.1 Å². The normalized spacial score (nSPS) is 20.6. The van der Waals surface area contributed by atoms with Crippen molar-refractivity contribution in [2.24, 2.45) is 5.92 Å². The predicted octanol–water partition coefficient (Wildman–Crippen LogP) is 4.48. The molecule has 0 saturated carbocycles. The SMILES string of the molecule is CC1OCC1C=C(C#N)C(=O)N1CCC[C@H]1Cn1nc(-c2ccc(Oc3ccccc3)cc2F)c2c(N)ncnc21. The minimum Gasteiger partial charge on any atom is -0.457 e. The molecule has 0 aliphatic carbocycles. The van der Waals surface area contributed by atoms with Crippen molar-refractivity contribution < 1.29 is 18.7 Å². The number of likely N-dealkylation sites (tertiary alicyclic amines) is 1. The second-order valence-electron chi connectivity index (χ2n) is 10.2. The average molecular weight is 554 g/mol. The van der Waals surface area contributed by atoms with Crippen LogP contribution in [0.2, 0.25) is 0 Å². The lowest BCUT2D eigenvalue weighted by molar-refractivity contribution is -0.128. The highest BCUT2D eigenvalue weighted by Gasteiger charge is 2.34. The summed E-state index contributed by atoms with van der Waals surface area (Å²) in [5.74, 6) is 0.309. The molecule has 2 saturated heterocycles. The number of carbonyl (C=O) groups excluding carboxylic acids is 1. The number of nitriles is 1. The van der Waals surface area contributed by atoms with E-state index < -0.39 is 5.82 Å². The number of nitrogens with zero attached hydrogens (tertiary/aromatic N) is 6. The van der Waals surface area contributed by atoms with Crippen LogP contribution in [0, 0.1) is 23.1 Å². The van der Waals surface area contributed by atoms with Crippen molar-refractivity contribution >= 4 is 22.8 Å². The van der Waals surface area contributed by atoms with Crippen molar-refractivity contribution in [1.82, 2.24) is 24.6 Å². The van der Waals surface area contributed by atoms with Gasteiger partial charge in [0.05, 0.1) is 30.7 Å². The van der Waals surface area contributed by atoms with Gasteiger partial charge in [-0.2, -0.15) is 10.4 Å². The Morgan fingerprint density at radius 1 is 1.24 bits per heavy atom. The van der Waals surface area contributed by atoms with E-state index >= 15 is 4.39 Å². The number of rotatable bonds is 7. The van der Waals surface area contributed by atoms with Crippen LogP contribution in [0.25, 0.3) is 22.3 Å². The van der Waals surface area contributed by atoms with E-state index in [0.29, 0.717) is 47.9 Å². The molecule has 2 aliphatic heterocycles. The van der Waals surface area contributed by atoms with Crippen LogP contribution in [0.4, 0.5) is 10.2 Å². The number of amides is 1. The monoisotopic (exact) mass is 553 g/mol. The number of hydrogen-bond donors (Lipinski definition) is 1. The van der Waals surface area contributed by atoms with Gasteiger partial charge >= 0.3 is 0 Å². The Balaban J connectivity index is 1.30. The first-order chi connectivity index (χ1) is 19.9.